The maximum Gasteiger partial charge on any atom is 0.264 e. The first-order valence-electron chi connectivity index (χ1n) is 10.4. The van der Waals surface area contributed by atoms with Crippen LogP contribution in [0.4, 0.5) is 8.78 Å². The SMILES string of the molecule is CC(C)(C)Cn1cc(CNS(=O)C2CC2)c2ccc(-c3ccccc3C(F)F)cc21. The molecule has 0 radical (unpaired) electrons. The Morgan fingerprint density at radius 3 is 2.57 bits per heavy atom. The second kappa shape index (κ2) is 8.23. The highest BCUT2D eigenvalue weighted by atomic mass is 32.2. The van der Waals surface area contributed by atoms with Crippen LogP contribution in [-0.2, 0) is 24.1 Å². The van der Waals surface area contributed by atoms with Gasteiger partial charge in [0.15, 0.2) is 0 Å². The van der Waals surface area contributed by atoms with E-state index in [0.717, 1.165) is 41.4 Å². The molecule has 3 nitrogen and oxygen atoms in total. The third-order valence-electron chi connectivity index (χ3n) is 5.35. The predicted molar refractivity (Wildman–Crippen MR) is 120 cm³/mol. The normalized spacial score (nSPS) is 15.8. The van der Waals surface area contributed by atoms with Gasteiger partial charge < -0.3 is 4.57 Å². The number of benzene rings is 2. The van der Waals surface area contributed by atoms with Crippen LogP contribution in [0.15, 0.2) is 48.7 Å². The zero-order valence-corrected chi connectivity index (χ0v) is 18.4. The summed E-state index contributed by atoms with van der Waals surface area (Å²) < 4.78 is 44.6. The van der Waals surface area contributed by atoms with Gasteiger partial charge in [-0.25, -0.2) is 17.7 Å². The Hall–Kier alpha value is -2.05. The number of aromatic nitrogens is 1. The second-order valence-electron chi connectivity index (χ2n) is 9.28. The van der Waals surface area contributed by atoms with Crippen LogP contribution in [0.1, 0.15) is 51.2 Å². The topological polar surface area (TPSA) is 34.0 Å². The number of hydrogen-bond acceptors (Lipinski definition) is 1. The summed E-state index contributed by atoms with van der Waals surface area (Å²) >= 11 is 0. The molecule has 1 aliphatic rings. The highest BCUT2D eigenvalue weighted by Crippen LogP contribution is 2.35. The minimum absolute atomic E-state index is 0.0486. The van der Waals surface area contributed by atoms with Crippen molar-refractivity contribution in [1.82, 2.24) is 9.29 Å². The number of nitrogens with zero attached hydrogens (tertiary/aromatic N) is 1. The molecule has 1 atom stereocenters. The Morgan fingerprint density at radius 2 is 1.90 bits per heavy atom. The molecule has 2 aromatic carbocycles. The molecule has 6 heteroatoms. The Morgan fingerprint density at radius 1 is 1.17 bits per heavy atom. The van der Waals surface area contributed by atoms with E-state index in [1.54, 1.807) is 18.2 Å². The highest BCUT2D eigenvalue weighted by molar-refractivity contribution is 7.83. The van der Waals surface area contributed by atoms with Crippen molar-refractivity contribution < 1.29 is 13.0 Å². The van der Waals surface area contributed by atoms with Crippen LogP contribution >= 0.6 is 0 Å². The van der Waals surface area contributed by atoms with Crippen LogP contribution in [0.3, 0.4) is 0 Å². The van der Waals surface area contributed by atoms with Gasteiger partial charge in [0.25, 0.3) is 6.43 Å². The van der Waals surface area contributed by atoms with Gasteiger partial charge in [-0.1, -0.05) is 57.2 Å². The quantitative estimate of drug-likeness (QED) is 0.475. The number of halogens is 2. The molecule has 4 rings (SSSR count). The maximum absolute atomic E-state index is 13.5. The minimum atomic E-state index is -2.52. The van der Waals surface area contributed by atoms with Gasteiger partial charge >= 0.3 is 0 Å². The second-order valence-corrected chi connectivity index (χ2v) is 10.8. The summed E-state index contributed by atoms with van der Waals surface area (Å²) in [6, 6.07) is 12.6. The molecule has 1 saturated carbocycles. The summed E-state index contributed by atoms with van der Waals surface area (Å²) in [5, 5.41) is 1.35. The molecule has 1 N–H and O–H groups in total. The summed E-state index contributed by atoms with van der Waals surface area (Å²) in [6.45, 7) is 7.86. The van der Waals surface area contributed by atoms with Crippen molar-refractivity contribution in [1.29, 1.82) is 0 Å². The fourth-order valence-electron chi connectivity index (χ4n) is 3.82. The van der Waals surface area contributed by atoms with Gasteiger partial charge in [0.05, 0.1) is 11.0 Å². The van der Waals surface area contributed by atoms with Crippen molar-refractivity contribution in [2.75, 3.05) is 0 Å². The van der Waals surface area contributed by atoms with Gasteiger partial charge in [0.1, 0.15) is 0 Å². The molecule has 0 amide bonds. The molecule has 30 heavy (non-hydrogen) atoms. The molecule has 160 valence electrons. The van der Waals surface area contributed by atoms with Gasteiger partial charge in [-0.2, -0.15) is 0 Å². The summed E-state index contributed by atoms with van der Waals surface area (Å²) in [6.07, 6.45) is 1.64. The molecule has 0 spiro atoms. The fourth-order valence-corrected chi connectivity index (χ4v) is 4.91. The number of fused-ring (bicyclic) bond motifs is 1. The van der Waals surface area contributed by atoms with Crippen LogP contribution in [0.25, 0.3) is 22.0 Å². The van der Waals surface area contributed by atoms with Gasteiger partial charge in [-0.05, 0) is 41.0 Å². The molecule has 1 aliphatic carbocycles. The molecule has 1 unspecified atom stereocenters. The smallest absolute Gasteiger partial charge is 0.264 e. The molecule has 0 saturated heterocycles. The predicted octanol–water partition coefficient (Wildman–Crippen LogP) is 6.21. The molecule has 3 aromatic rings. The highest BCUT2D eigenvalue weighted by Gasteiger charge is 2.28. The lowest BCUT2D eigenvalue weighted by Gasteiger charge is -2.20. The first-order chi connectivity index (χ1) is 14.2. The van der Waals surface area contributed by atoms with E-state index in [9.17, 15) is 13.0 Å². The largest absolute Gasteiger partial charge is 0.347 e. The van der Waals surface area contributed by atoms with E-state index in [-0.39, 0.29) is 16.2 Å². The molecule has 0 aliphatic heterocycles. The lowest BCUT2D eigenvalue weighted by molar-refractivity contribution is 0.152. The number of nitrogens with one attached hydrogen (secondary N) is 1. The molecular weight excluding hydrogens is 402 g/mol. The molecular formula is C24H28F2N2OS. The molecule has 1 heterocycles. The van der Waals surface area contributed by atoms with Crippen LogP contribution in [-0.4, -0.2) is 14.0 Å². The van der Waals surface area contributed by atoms with E-state index in [1.165, 1.54) is 6.07 Å². The van der Waals surface area contributed by atoms with E-state index in [0.29, 0.717) is 12.1 Å². The van der Waals surface area contributed by atoms with Gasteiger partial charge in [-0.15, -0.1) is 0 Å². The molecule has 1 aromatic heterocycles. The van der Waals surface area contributed by atoms with Crippen molar-refractivity contribution in [2.45, 2.75) is 58.4 Å². The average Bonchev–Trinajstić information content (AvgIpc) is 3.49. The van der Waals surface area contributed by atoms with Gasteiger partial charge in [-0.3, -0.25) is 0 Å². The lowest BCUT2D eigenvalue weighted by atomic mass is 9.96. The average molecular weight is 431 g/mol. The summed E-state index contributed by atoms with van der Waals surface area (Å²) in [4.78, 5) is 0. The Balaban J connectivity index is 1.75. The Kier molecular flexibility index (Phi) is 5.82. The zero-order valence-electron chi connectivity index (χ0n) is 17.6. The maximum atomic E-state index is 13.5. The standard InChI is InChI=1S/C24H28F2N2OS/c1-24(2,3)15-28-14-17(13-27-30(29)18-9-10-18)20-11-8-16(12-22(20)28)19-6-4-5-7-21(19)23(25)26/h4-8,11-12,14,18,23,27H,9-10,13,15H2,1-3H3. The first-order valence-corrected chi connectivity index (χ1v) is 11.6. The zero-order chi connectivity index (χ0) is 21.5. The van der Waals surface area contributed by atoms with Crippen molar-refractivity contribution in [2.24, 2.45) is 5.41 Å². The summed E-state index contributed by atoms with van der Waals surface area (Å²) in [5.41, 5.74) is 3.55. The van der Waals surface area contributed by atoms with E-state index < -0.39 is 17.4 Å². The minimum Gasteiger partial charge on any atom is -0.347 e. The number of alkyl halides is 2. The van der Waals surface area contributed by atoms with Gasteiger partial charge in [0, 0.05) is 41.0 Å². The van der Waals surface area contributed by atoms with Gasteiger partial charge in [0.2, 0.25) is 0 Å². The lowest BCUT2D eigenvalue weighted by Crippen LogP contribution is -2.19. The third kappa shape index (κ3) is 4.65. The van der Waals surface area contributed by atoms with Crippen LogP contribution in [0.5, 0.6) is 0 Å². The van der Waals surface area contributed by atoms with Crippen LogP contribution < -0.4 is 4.72 Å². The third-order valence-corrected chi connectivity index (χ3v) is 6.85. The van der Waals surface area contributed by atoms with E-state index >= 15 is 0 Å². The molecule has 0 bridgehead atoms. The van der Waals surface area contributed by atoms with E-state index in [2.05, 4.69) is 36.3 Å². The van der Waals surface area contributed by atoms with Crippen molar-refractivity contribution in [3.05, 3.63) is 59.8 Å². The Bertz CT molecular complexity index is 1080. The van der Waals surface area contributed by atoms with E-state index in [1.807, 2.05) is 18.2 Å². The monoisotopic (exact) mass is 430 g/mol. The number of hydrogen-bond donors (Lipinski definition) is 1. The van der Waals surface area contributed by atoms with Crippen LogP contribution in [0.2, 0.25) is 0 Å². The van der Waals surface area contributed by atoms with Crippen LogP contribution in [0, 0.1) is 5.41 Å². The summed E-state index contributed by atoms with van der Waals surface area (Å²) in [5.74, 6) is 0. The van der Waals surface area contributed by atoms with Crippen molar-refractivity contribution in [3.8, 4) is 11.1 Å². The molecule has 1 fully saturated rings. The fraction of sp³-hybridized carbons (Fsp3) is 0.417. The van der Waals surface area contributed by atoms with E-state index in [4.69, 9.17) is 0 Å². The number of rotatable bonds is 7. The summed E-state index contributed by atoms with van der Waals surface area (Å²) in [7, 11) is -0.999. The first kappa shape index (κ1) is 21.2. The Labute approximate surface area is 179 Å². The van der Waals surface area contributed by atoms with Crippen molar-refractivity contribution in [3.63, 3.8) is 0 Å². The van der Waals surface area contributed by atoms with Crippen molar-refractivity contribution >= 4 is 21.9 Å².